The Kier molecular flexibility index (Phi) is 3.92. The highest BCUT2D eigenvalue weighted by Crippen LogP contribution is 2.22. The van der Waals surface area contributed by atoms with Crippen molar-refractivity contribution in [3.05, 3.63) is 40.9 Å². The first-order valence-electron chi connectivity index (χ1n) is 8.22. The third kappa shape index (κ3) is 2.93. The number of hydrogen-bond acceptors (Lipinski definition) is 6. The number of nitrogens with one attached hydrogen (secondary N) is 2. The second kappa shape index (κ2) is 6.26. The highest BCUT2D eigenvalue weighted by Gasteiger charge is 2.30. The number of imidazole rings is 1. The van der Waals surface area contributed by atoms with Gasteiger partial charge in [-0.1, -0.05) is 0 Å². The summed E-state index contributed by atoms with van der Waals surface area (Å²) >= 11 is 0. The molecule has 0 spiro atoms. The van der Waals surface area contributed by atoms with E-state index < -0.39 is 12.0 Å². The van der Waals surface area contributed by atoms with Crippen LogP contribution in [0.4, 0.5) is 0 Å². The fraction of sp³-hybridized carbons (Fsp3) is 0.294. The summed E-state index contributed by atoms with van der Waals surface area (Å²) in [7, 11) is 0. The Balaban J connectivity index is 1.67. The number of benzene rings is 1. The third-order valence-electron chi connectivity index (χ3n) is 4.60. The number of carboxylic acid groups (broad SMARTS) is 1. The number of rotatable bonds is 4. The van der Waals surface area contributed by atoms with Crippen LogP contribution in [0.1, 0.15) is 6.42 Å². The van der Waals surface area contributed by atoms with Crippen LogP contribution < -0.4 is 11.0 Å². The summed E-state index contributed by atoms with van der Waals surface area (Å²) in [6.07, 6.45) is 2.02. The molecule has 0 bridgehead atoms. The van der Waals surface area contributed by atoms with E-state index in [1.165, 1.54) is 4.57 Å². The minimum atomic E-state index is -0.881. The average molecular weight is 355 g/mol. The first-order chi connectivity index (χ1) is 12.5. The monoisotopic (exact) mass is 355 g/mol. The molecule has 2 aromatic heterocycles. The Morgan fingerprint density at radius 1 is 1.31 bits per heavy atom. The van der Waals surface area contributed by atoms with Crippen molar-refractivity contribution in [2.24, 2.45) is 5.92 Å². The van der Waals surface area contributed by atoms with Crippen LogP contribution in [0, 0.1) is 5.92 Å². The van der Waals surface area contributed by atoms with Crippen LogP contribution in [0.15, 0.2) is 35.3 Å². The summed E-state index contributed by atoms with van der Waals surface area (Å²) in [5.74, 6) is -0.705. The zero-order valence-corrected chi connectivity index (χ0v) is 13.7. The molecule has 26 heavy (non-hydrogen) atoms. The van der Waals surface area contributed by atoms with Gasteiger partial charge in [0, 0.05) is 18.7 Å². The topological polar surface area (TPSA) is 133 Å². The number of carboxylic acids is 1. The number of aromatic hydroxyl groups is 1. The van der Waals surface area contributed by atoms with Crippen molar-refractivity contribution < 1.29 is 15.0 Å². The van der Waals surface area contributed by atoms with Gasteiger partial charge in [0.15, 0.2) is 11.3 Å². The molecule has 0 aliphatic carbocycles. The zero-order valence-electron chi connectivity index (χ0n) is 13.7. The normalized spacial score (nSPS) is 19.8. The smallest absolute Gasteiger partial charge is 0.328 e. The van der Waals surface area contributed by atoms with Gasteiger partial charge in [0.1, 0.15) is 11.8 Å². The molecule has 3 heterocycles. The van der Waals surface area contributed by atoms with Crippen LogP contribution in [0.5, 0.6) is 5.75 Å². The van der Waals surface area contributed by atoms with Crippen molar-refractivity contribution in [1.29, 1.82) is 0 Å². The first-order valence-corrected chi connectivity index (χ1v) is 8.22. The summed E-state index contributed by atoms with van der Waals surface area (Å²) < 4.78 is 1.50. The standard InChI is InChI=1S/C17H17N5O4/c23-11-3-1-10(2-4-11)13-7-19-14-15(20-13)22(17(26)21-14)8-9-5-12(16(24)25)18-6-9/h1-4,7,9,12,18,23H,5-6,8H2,(H,24,25)(H,19,21,26). The van der Waals surface area contributed by atoms with Crippen molar-refractivity contribution in [2.75, 3.05) is 6.54 Å². The summed E-state index contributed by atoms with van der Waals surface area (Å²) in [6.45, 7) is 0.893. The van der Waals surface area contributed by atoms with Gasteiger partial charge < -0.3 is 15.5 Å². The fourth-order valence-electron chi connectivity index (χ4n) is 3.26. The summed E-state index contributed by atoms with van der Waals surface area (Å²) in [5, 5.41) is 21.4. The van der Waals surface area contributed by atoms with E-state index in [9.17, 15) is 14.7 Å². The molecule has 134 valence electrons. The molecule has 4 rings (SSSR count). The highest BCUT2D eigenvalue weighted by molar-refractivity contribution is 5.74. The predicted octanol–water partition coefficient (Wildman–Crippen LogP) is 0.555. The summed E-state index contributed by atoms with van der Waals surface area (Å²) in [5.41, 5.74) is 1.85. The number of hydrogen-bond donors (Lipinski definition) is 4. The number of phenolic OH excluding ortho intramolecular Hbond substituents is 1. The van der Waals surface area contributed by atoms with Gasteiger partial charge in [0.25, 0.3) is 0 Å². The molecule has 4 N–H and O–H groups in total. The van der Waals surface area contributed by atoms with E-state index in [-0.39, 0.29) is 17.4 Å². The highest BCUT2D eigenvalue weighted by atomic mass is 16.4. The lowest BCUT2D eigenvalue weighted by atomic mass is 10.1. The number of nitrogens with zero attached hydrogens (tertiary/aromatic N) is 3. The summed E-state index contributed by atoms with van der Waals surface area (Å²) in [4.78, 5) is 34.9. The van der Waals surface area contributed by atoms with Crippen LogP contribution in [-0.2, 0) is 11.3 Å². The van der Waals surface area contributed by atoms with Gasteiger partial charge >= 0.3 is 11.7 Å². The largest absolute Gasteiger partial charge is 0.508 e. The van der Waals surface area contributed by atoms with Gasteiger partial charge in [-0.25, -0.2) is 14.8 Å². The number of carbonyl (C=O) groups is 1. The molecular weight excluding hydrogens is 338 g/mol. The van der Waals surface area contributed by atoms with Gasteiger partial charge in [0.05, 0.1) is 11.9 Å². The zero-order chi connectivity index (χ0) is 18.3. The van der Waals surface area contributed by atoms with E-state index in [1.54, 1.807) is 30.5 Å². The molecule has 0 amide bonds. The molecule has 2 atom stereocenters. The van der Waals surface area contributed by atoms with Crippen molar-refractivity contribution in [3.63, 3.8) is 0 Å². The molecular formula is C17H17N5O4. The van der Waals surface area contributed by atoms with Crippen molar-refractivity contribution >= 4 is 17.3 Å². The molecule has 2 unspecified atom stereocenters. The Labute approximate surface area is 147 Å². The number of H-pyrrole nitrogens is 1. The number of aliphatic carboxylic acids is 1. The van der Waals surface area contributed by atoms with Crippen LogP contribution >= 0.6 is 0 Å². The lowest BCUT2D eigenvalue weighted by molar-refractivity contribution is -0.139. The maximum atomic E-state index is 12.3. The van der Waals surface area contributed by atoms with Crippen LogP contribution in [0.2, 0.25) is 0 Å². The van der Waals surface area contributed by atoms with Crippen molar-refractivity contribution in [3.8, 4) is 17.0 Å². The maximum Gasteiger partial charge on any atom is 0.328 e. The molecule has 9 heteroatoms. The Bertz CT molecular complexity index is 1020. The van der Waals surface area contributed by atoms with E-state index in [1.807, 2.05) is 0 Å². The maximum absolute atomic E-state index is 12.3. The minimum Gasteiger partial charge on any atom is -0.508 e. The lowest BCUT2D eigenvalue weighted by Gasteiger charge is -2.09. The Morgan fingerprint density at radius 3 is 2.77 bits per heavy atom. The van der Waals surface area contributed by atoms with E-state index in [0.29, 0.717) is 36.5 Å². The lowest BCUT2D eigenvalue weighted by Crippen LogP contribution is -2.29. The SMILES string of the molecule is O=C(O)C1CC(Cn2c(=O)[nH]c3ncc(-c4ccc(O)cc4)nc32)CN1. The molecule has 3 aromatic rings. The van der Waals surface area contributed by atoms with Gasteiger partial charge in [-0.3, -0.25) is 14.3 Å². The molecule has 1 aromatic carbocycles. The Morgan fingerprint density at radius 2 is 2.08 bits per heavy atom. The fourth-order valence-corrected chi connectivity index (χ4v) is 3.26. The summed E-state index contributed by atoms with van der Waals surface area (Å²) in [6, 6.07) is 5.97. The van der Waals surface area contributed by atoms with Gasteiger partial charge in [-0.15, -0.1) is 0 Å². The second-order valence-electron chi connectivity index (χ2n) is 6.42. The quantitative estimate of drug-likeness (QED) is 0.537. The first kappa shape index (κ1) is 16.3. The molecule has 1 aliphatic rings. The molecule has 0 radical (unpaired) electrons. The van der Waals surface area contributed by atoms with Crippen LogP contribution in [0.25, 0.3) is 22.6 Å². The number of fused-ring (bicyclic) bond motifs is 1. The van der Waals surface area contributed by atoms with Gasteiger partial charge in [-0.2, -0.15) is 0 Å². The predicted molar refractivity (Wildman–Crippen MR) is 92.8 cm³/mol. The van der Waals surface area contributed by atoms with Crippen molar-refractivity contribution in [2.45, 2.75) is 19.0 Å². The van der Waals surface area contributed by atoms with Gasteiger partial charge in [0.2, 0.25) is 0 Å². The number of aromatic nitrogens is 4. The van der Waals surface area contributed by atoms with E-state index in [2.05, 4.69) is 20.3 Å². The number of aromatic amines is 1. The molecule has 1 fully saturated rings. The second-order valence-corrected chi connectivity index (χ2v) is 6.42. The molecule has 1 saturated heterocycles. The van der Waals surface area contributed by atoms with Crippen LogP contribution in [0.3, 0.4) is 0 Å². The van der Waals surface area contributed by atoms with E-state index in [4.69, 9.17) is 5.11 Å². The molecule has 9 nitrogen and oxygen atoms in total. The third-order valence-corrected chi connectivity index (χ3v) is 4.60. The van der Waals surface area contributed by atoms with E-state index >= 15 is 0 Å². The molecule has 0 saturated carbocycles. The number of phenols is 1. The average Bonchev–Trinajstić information content (AvgIpc) is 3.21. The van der Waals surface area contributed by atoms with Crippen molar-refractivity contribution in [1.82, 2.24) is 24.8 Å². The van der Waals surface area contributed by atoms with Gasteiger partial charge in [-0.05, 0) is 36.6 Å². The van der Waals surface area contributed by atoms with Crippen LogP contribution in [-0.4, -0.2) is 48.3 Å². The minimum absolute atomic E-state index is 0.0203. The van der Waals surface area contributed by atoms with E-state index in [0.717, 1.165) is 5.56 Å². The molecule has 1 aliphatic heterocycles. The Hall–Kier alpha value is -3.20.